The maximum Gasteiger partial charge on any atom is 0.238 e. The monoisotopic (exact) mass is 379 g/mol. The third-order valence-corrected chi connectivity index (χ3v) is 5.18. The van der Waals surface area contributed by atoms with Crippen molar-refractivity contribution in [1.82, 2.24) is 14.9 Å². The summed E-state index contributed by atoms with van der Waals surface area (Å²) in [5, 5.41) is 10.2. The summed E-state index contributed by atoms with van der Waals surface area (Å²) in [6, 6.07) is 9.62. The summed E-state index contributed by atoms with van der Waals surface area (Å²) >= 11 is 1.65. The van der Waals surface area contributed by atoms with Gasteiger partial charge in [-0.3, -0.25) is 9.69 Å². The van der Waals surface area contributed by atoms with Crippen LogP contribution in [0.4, 0.5) is 17.3 Å². The number of carbonyl (C=O) groups is 1. The van der Waals surface area contributed by atoms with E-state index in [0.717, 1.165) is 35.6 Å². The molecule has 1 aliphatic heterocycles. The number of benzene rings is 1. The summed E-state index contributed by atoms with van der Waals surface area (Å²) in [7, 11) is 0. The van der Waals surface area contributed by atoms with E-state index in [-0.39, 0.29) is 5.91 Å². The van der Waals surface area contributed by atoms with Crippen LogP contribution in [-0.4, -0.2) is 40.4 Å². The molecule has 0 radical (unpaired) electrons. The molecule has 7 heteroatoms. The fourth-order valence-corrected chi connectivity index (χ4v) is 3.75. The van der Waals surface area contributed by atoms with Crippen LogP contribution in [0.15, 0.2) is 53.5 Å². The molecule has 1 aromatic carbocycles. The van der Waals surface area contributed by atoms with Gasteiger partial charge in [0.2, 0.25) is 11.9 Å². The van der Waals surface area contributed by atoms with Crippen molar-refractivity contribution in [3.63, 3.8) is 0 Å². The van der Waals surface area contributed by atoms with Gasteiger partial charge in [-0.1, -0.05) is 0 Å². The van der Waals surface area contributed by atoms with Gasteiger partial charge in [0.1, 0.15) is 0 Å². The molecule has 3 heterocycles. The first-order valence-corrected chi connectivity index (χ1v) is 9.94. The van der Waals surface area contributed by atoms with Gasteiger partial charge in [0, 0.05) is 29.3 Å². The van der Waals surface area contributed by atoms with E-state index >= 15 is 0 Å². The zero-order chi connectivity index (χ0) is 18.5. The number of likely N-dealkylation sites (tertiary alicyclic amines) is 1. The lowest BCUT2D eigenvalue weighted by Crippen LogP contribution is -2.30. The Morgan fingerprint density at radius 1 is 1.00 bits per heavy atom. The van der Waals surface area contributed by atoms with Crippen molar-refractivity contribution in [1.29, 1.82) is 0 Å². The quantitative estimate of drug-likeness (QED) is 0.678. The number of thiophene rings is 1. The van der Waals surface area contributed by atoms with Crippen LogP contribution in [0.25, 0.3) is 11.1 Å². The molecular weight excluding hydrogens is 358 g/mol. The number of rotatable bonds is 6. The lowest BCUT2D eigenvalue weighted by molar-refractivity contribution is -0.117. The molecule has 0 unspecified atom stereocenters. The van der Waals surface area contributed by atoms with E-state index in [4.69, 9.17) is 0 Å². The van der Waals surface area contributed by atoms with Crippen LogP contribution < -0.4 is 10.6 Å². The first-order valence-electron chi connectivity index (χ1n) is 9.00. The molecule has 0 aliphatic carbocycles. The summed E-state index contributed by atoms with van der Waals surface area (Å²) < 4.78 is 0. The Labute approximate surface area is 162 Å². The largest absolute Gasteiger partial charge is 0.325 e. The number of nitrogens with zero attached hydrogens (tertiary/aromatic N) is 3. The summed E-state index contributed by atoms with van der Waals surface area (Å²) in [5.41, 5.74) is 3.78. The van der Waals surface area contributed by atoms with E-state index < -0.39 is 0 Å². The van der Waals surface area contributed by atoms with Gasteiger partial charge in [-0.25, -0.2) is 9.97 Å². The SMILES string of the molecule is O=C(CN1CCCC1)Nc1ccc(Nc2ncc(-c3ccsc3)cn2)cc1. The van der Waals surface area contributed by atoms with Crippen LogP contribution in [0.3, 0.4) is 0 Å². The highest BCUT2D eigenvalue weighted by atomic mass is 32.1. The molecular formula is C20H21N5OS. The summed E-state index contributed by atoms with van der Waals surface area (Å²) in [5.74, 6) is 0.574. The van der Waals surface area contributed by atoms with E-state index in [1.54, 1.807) is 11.3 Å². The number of anilines is 3. The Kier molecular flexibility index (Phi) is 5.41. The highest BCUT2D eigenvalue weighted by Crippen LogP contribution is 2.22. The van der Waals surface area contributed by atoms with Gasteiger partial charge in [-0.05, 0) is 72.6 Å². The summed E-state index contributed by atoms with van der Waals surface area (Å²) in [6.07, 6.45) is 5.99. The Hall–Kier alpha value is -2.77. The van der Waals surface area contributed by atoms with Crippen LogP contribution >= 0.6 is 11.3 Å². The van der Waals surface area contributed by atoms with Crippen LogP contribution in [0.1, 0.15) is 12.8 Å². The van der Waals surface area contributed by atoms with Crippen molar-refractivity contribution in [2.75, 3.05) is 30.3 Å². The summed E-state index contributed by atoms with van der Waals surface area (Å²) in [4.78, 5) is 23.0. The number of hydrogen-bond acceptors (Lipinski definition) is 6. The zero-order valence-electron chi connectivity index (χ0n) is 14.9. The maximum absolute atomic E-state index is 12.1. The molecule has 0 spiro atoms. The van der Waals surface area contributed by atoms with Gasteiger partial charge >= 0.3 is 0 Å². The molecule has 1 fully saturated rings. The average molecular weight is 379 g/mol. The van der Waals surface area contributed by atoms with Crippen LogP contribution in [-0.2, 0) is 4.79 Å². The molecule has 0 atom stereocenters. The third kappa shape index (κ3) is 4.69. The molecule has 138 valence electrons. The van der Waals surface area contributed by atoms with Gasteiger partial charge < -0.3 is 10.6 Å². The van der Waals surface area contributed by atoms with Crippen LogP contribution in [0.5, 0.6) is 0 Å². The first-order chi connectivity index (χ1) is 13.3. The predicted octanol–water partition coefficient (Wildman–Crippen LogP) is 3.98. The second-order valence-corrected chi connectivity index (χ2v) is 7.32. The third-order valence-electron chi connectivity index (χ3n) is 4.50. The van der Waals surface area contributed by atoms with Crippen molar-refractivity contribution in [3.05, 3.63) is 53.5 Å². The molecule has 1 amide bonds. The minimum absolute atomic E-state index is 0.0324. The second-order valence-electron chi connectivity index (χ2n) is 6.54. The van der Waals surface area contributed by atoms with Crippen molar-refractivity contribution in [2.24, 2.45) is 0 Å². The minimum atomic E-state index is 0.0324. The minimum Gasteiger partial charge on any atom is -0.325 e. The van der Waals surface area contributed by atoms with E-state index in [1.807, 2.05) is 48.1 Å². The predicted molar refractivity (Wildman–Crippen MR) is 109 cm³/mol. The fraction of sp³-hybridized carbons (Fsp3) is 0.250. The topological polar surface area (TPSA) is 70.2 Å². The Bertz CT molecular complexity index is 872. The lowest BCUT2D eigenvalue weighted by atomic mass is 10.2. The maximum atomic E-state index is 12.1. The van der Waals surface area contributed by atoms with Gasteiger partial charge in [-0.2, -0.15) is 11.3 Å². The standard InChI is InChI=1S/C20H21N5OS/c26-19(13-25-8-1-2-9-25)23-17-3-5-18(6-4-17)24-20-21-11-16(12-22-20)15-7-10-27-14-15/h3-7,10-12,14H,1-2,8-9,13H2,(H,23,26)(H,21,22,24). The molecule has 27 heavy (non-hydrogen) atoms. The van der Waals surface area contributed by atoms with Crippen molar-refractivity contribution < 1.29 is 4.79 Å². The second kappa shape index (κ2) is 8.28. The number of nitrogens with one attached hydrogen (secondary N) is 2. The molecule has 1 aliphatic rings. The Morgan fingerprint density at radius 3 is 2.37 bits per heavy atom. The molecule has 4 rings (SSSR count). The molecule has 3 aromatic rings. The number of amides is 1. The van der Waals surface area contributed by atoms with Gasteiger partial charge in [0.15, 0.2) is 0 Å². The lowest BCUT2D eigenvalue weighted by Gasteiger charge is -2.14. The molecule has 0 bridgehead atoms. The van der Waals surface area contributed by atoms with Crippen LogP contribution in [0.2, 0.25) is 0 Å². The van der Waals surface area contributed by atoms with Gasteiger partial charge in [0.05, 0.1) is 6.54 Å². The molecule has 2 N–H and O–H groups in total. The van der Waals surface area contributed by atoms with E-state index in [9.17, 15) is 4.79 Å². The number of carbonyl (C=O) groups excluding carboxylic acids is 1. The smallest absolute Gasteiger partial charge is 0.238 e. The highest BCUT2D eigenvalue weighted by Gasteiger charge is 2.15. The summed E-state index contributed by atoms with van der Waals surface area (Å²) in [6.45, 7) is 2.49. The van der Waals surface area contributed by atoms with E-state index in [1.165, 1.54) is 12.8 Å². The van der Waals surface area contributed by atoms with Crippen LogP contribution in [0, 0.1) is 0 Å². The molecule has 6 nitrogen and oxygen atoms in total. The van der Waals surface area contributed by atoms with Gasteiger partial charge in [-0.15, -0.1) is 0 Å². The fourth-order valence-electron chi connectivity index (χ4n) is 3.08. The average Bonchev–Trinajstić information content (AvgIpc) is 3.38. The van der Waals surface area contributed by atoms with Crippen molar-refractivity contribution in [3.8, 4) is 11.1 Å². The van der Waals surface area contributed by atoms with Gasteiger partial charge in [0.25, 0.3) is 0 Å². The first kappa shape index (κ1) is 17.6. The van der Waals surface area contributed by atoms with Crippen molar-refractivity contribution >= 4 is 34.6 Å². The molecule has 0 saturated carbocycles. The van der Waals surface area contributed by atoms with Crippen molar-refractivity contribution in [2.45, 2.75) is 12.8 Å². The molecule has 2 aromatic heterocycles. The molecule has 1 saturated heterocycles. The number of aromatic nitrogens is 2. The Balaban J connectivity index is 1.32. The number of hydrogen-bond donors (Lipinski definition) is 2. The highest BCUT2D eigenvalue weighted by molar-refractivity contribution is 7.08. The van der Waals surface area contributed by atoms with E-state index in [0.29, 0.717) is 12.5 Å². The Morgan fingerprint density at radius 2 is 1.70 bits per heavy atom. The van der Waals surface area contributed by atoms with E-state index in [2.05, 4.69) is 30.9 Å². The normalized spacial score (nSPS) is 14.2. The zero-order valence-corrected chi connectivity index (χ0v) is 15.7.